The summed E-state index contributed by atoms with van der Waals surface area (Å²) in [6, 6.07) is 19.7. The summed E-state index contributed by atoms with van der Waals surface area (Å²) in [6.07, 6.45) is 0.551. The number of piperidine rings is 1. The van der Waals surface area contributed by atoms with E-state index >= 15 is 0 Å². The molecule has 35 heavy (non-hydrogen) atoms. The SMILES string of the molecule is O=C(O)NC1CCCN(c2nc3nc(SCc4ccccc4)[nH]c(=O)c3n2Cc2ccccc2)C1. The normalized spacial score (nSPS) is 15.9. The first-order valence-electron chi connectivity index (χ1n) is 11.5. The van der Waals surface area contributed by atoms with Crippen molar-refractivity contribution in [2.75, 3.05) is 18.0 Å². The van der Waals surface area contributed by atoms with Gasteiger partial charge in [0.15, 0.2) is 16.3 Å². The molecule has 1 aliphatic heterocycles. The van der Waals surface area contributed by atoms with Crippen molar-refractivity contribution >= 4 is 35.0 Å². The van der Waals surface area contributed by atoms with Crippen LogP contribution in [0.25, 0.3) is 11.2 Å². The highest BCUT2D eigenvalue weighted by Gasteiger charge is 2.27. The summed E-state index contributed by atoms with van der Waals surface area (Å²) >= 11 is 1.46. The smallest absolute Gasteiger partial charge is 0.404 e. The van der Waals surface area contributed by atoms with Crippen LogP contribution >= 0.6 is 11.8 Å². The van der Waals surface area contributed by atoms with Crippen LogP contribution in [0.5, 0.6) is 0 Å². The van der Waals surface area contributed by atoms with Gasteiger partial charge >= 0.3 is 6.09 Å². The van der Waals surface area contributed by atoms with E-state index in [2.05, 4.69) is 15.3 Å². The molecule has 3 N–H and O–H groups in total. The van der Waals surface area contributed by atoms with E-state index in [9.17, 15) is 14.7 Å². The molecule has 1 atom stereocenters. The van der Waals surface area contributed by atoms with Crippen LogP contribution < -0.4 is 15.8 Å². The summed E-state index contributed by atoms with van der Waals surface area (Å²) in [5, 5.41) is 12.3. The lowest BCUT2D eigenvalue weighted by atomic mass is 10.1. The number of hydrogen-bond donors (Lipinski definition) is 3. The number of aromatic nitrogens is 4. The largest absolute Gasteiger partial charge is 0.465 e. The Hall–Kier alpha value is -3.79. The zero-order chi connectivity index (χ0) is 24.2. The summed E-state index contributed by atoms with van der Waals surface area (Å²) in [5.74, 6) is 1.31. The fourth-order valence-electron chi connectivity index (χ4n) is 4.41. The summed E-state index contributed by atoms with van der Waals surface area (Å²) in [4.78, 5) is 38.9. The fourth-order valence-corrected chi connectivity index (χ4v) is 5.23. The first-order valence-corrected chi connectivity index (χ1v) is 12.5. The van der Waals surface area contributed by atoms with Crippen LogP contribution in [-0.4, -0.2) is 49.9 Å². The second-order valence-corrected chi connectivity index (χ2v) is 9.50. The number of amides is 1. The molecule has 180 valence electrons. The highest BCUT2D eigenvalue weighted by atomic mass is 32.2. The van der Waals surface area contributed by atoms with Crippen LogP contribution in [-0.2, 0) is 12.3 Å². The van der Waals surface area contributed by atoms with Gasteiger partial charge in [0.2, 0.25) is 5.95 Å². The van der Waals surface area contributed by atoms with Gasteiger partial charge in [0.1, 0.15) is 0 Å². The topological polar surface area (TPSA) is 116 Å². The molecule has 0 bridgehead atoms. The molecule has 4 aromatic rings. The molecule has 1 aliphatic rings. The second-order valence-electron chi connectivity index (χ2n) is 8.54. The van der Waals surface area contributed by atoms with Crippen molar-refractivity contribution in [3.05, 3.63) is 82.1 Å². The summed E-state index contributed by atoms with van der Waals surface area (Å²) < 4.78 is 1.89. The number of carbonyl (C=O) groups is 1. The van der Waals surface area contributed by atoms with Crippen molar-refractivity contribution in [3.8, 4) is 0 Å². The van der Waals surface area contributed by atoms with Crippen molar-refractivity contribution in [2.24, 2.45) is 0 Å². The van der Waals surface area contributed by atoms with Crippen molar-refractivity contribution < 1.29 is 9.90 Å². The third-order valence-electron chi connectivity index (χ3n) is 6.01. The van der Waals surface area contributed by atoms with E-state index in [-0.39, 0.29) is 11.6 Å². The third kappa shape index (κ3) is 5.32. The Bertz CT molecular complexity index is 1370. The van der Waals surface area contributed by atoms with Crippen LogP contribution in [0.1, 0.15) is 24.0 Å². The van der Waals surface area contributed by atoms with E-state index in [4.69, 9.17) is 4.98 Å². The minimum atomic E-state index is -1.03. The zero-order valence-electron chi connectivity index (χ0n) is 19.1. The lowest BCUT2D eigenvalue weighted by molar-refractivity contribution is 0.188. The van der Waals surface area contributed by atoms with Crippen molar-refractivity contribution in [2.45, 2.75) is 36.3 Å². The van der Waals surface area contributed by atoms with Crippen LogP contribution in [0, 0.1) is 0 Å². The summed E-state index contributed by atoms with van der Waals surface area (Å²) in [6.45, 7) is 1.67. The maximum Gasteiger partial charge on any atom is 0.404 e. The quantitative estimate of drug-likeness (QED) is 0.267. The average Bonchev–Trinajstić information content (AvgIpc) is 3.22. The van der Waals surface area contributed by atoms with Gasteiger partial charge in [-0.25, -0.2) is 9.78 Å². The molecular formula is C25H26N6O3S. The van der Waals surface area contributed by atoms with Crippen LogP contribution in [0.15, 0.2) is 70.6 Å². The molecule has 1 unspecified atom stereocenters. The van der Waals surface area contributed by atoms with E-state index < -0.39 is 6.09 Å². The molecule has 3 heterocycles. The Morgan fingerprint density at radius 2 is 1.80 bits per heavy atom. The van der Waals surface area contributed by atoms with Gasteiger partial charge in [0, 0.05) is 24.9 Å². The van der Waals surface area contributed by atoms with E-state index in [0.717, 1.165) is 30.5 Å². The predicted octanol–water partition coefficient (Wildman–Crippen LogP) is 3.70. The fraction of sp³-hybridized carbons (Fsp3) is 0.280. The molecule has 2 aromatic carbocycles. The minimum Gasteiger partial charge on any atom is -0.465 e. The Kier molecular flexibility index (Phi) is 6.71. The Morgan fingerprint density at radius 1 is 1.09 bits per heavy atom. The number of hydrogen-bond acceptors (Lipinski definition) is 6. The number of aromatic amines is 1. The van der Waals surface area contributed by atoms with E-state index in [1.54, 1.807) is 0 Å². The van der Waals surface area contributed by atoms with Crippen molar-refractivity contribution in [3.63, 3.8) is 0 Å². The third-order valence-corrected chi connectivity index (χ3v) is 6.95. The van der Waals surface area contributed by atoms with Crippen LogP contribution in [0.4, 0.5) is 10.7 Å². The zero-order valence-corrected chi connectivity index (χ0v) is 19.9. The Morgan fingerprint density at radius 3 is 2.51 bits per heavy atom. The molecule has 0 spiro atoms. The van der Waals surface area contributed by atoms with Crippen molar-refractivity contribution in [1.82, 2.24) is 24.8 Å². The maximum absolute atomic E-state index is 13.2. The van der Waals surface area contributed by atoms with Crippen LogP contribution in [0.2, 0.25) is 0 Å². The van der Waals surface area contributed by atoms with Gasteiger partial charge in [0.25, 0.3) is 5.56 Å². The maximum atomic E-state index is 13.2. The summed E-state index contributed by atoms with van der Waals surface area (Å²) in [7, 11) is 0. The number of nitrogens with zero attached hydrogens (tertiary/aromatic N) is 4. The van der Waals surface area contributed by atoms with Crippen molar-refractivity contribution in [1.29, 1.82) is 0 Å². The molecule has 10 heteroatoms. The summed E-state index contributed by atoms with van der Waals surface area (Å²) in [5.41, 5.74) is 2.75. The molecule has 9 nitrogen and oxygen atoms in total. The first-order chi connectivity index (χ1) is 17.1. The lowest BCUT2D eigenvalue weighted by Gasteiger charge is -2.33. The molecule has 0 radical (unpaired) electrons. The average molecular weight is 491 g/mol. The molecule has 1 amide bonds. The highest BCUT2D eigenvalue weighted by Crippen LogP contribution is 2.26. The number of imidazole rings is 1. The monoisotopic (exact) mass is 490 g/mol. The minimum absolute atomic E-state index is 0.200. The second kappa shape index (κ2) is 10.2. The lowest BCUT2D eigenvalue weighted by Crippen LogP contribution is -2.48. The number of anilines is 1. The molecule has 5 rings (SSSR count). The first kappa shape index (κ1) is 23.0. The van der Waals surface area contributed by atoms with Crippen LogP contribution in [0.3, 0.4) is 0 Å². The molecule has 0 saturated carbocycles. The number of nitrogens with one attached hydrogen (secondary N) is 2. The Balaban J connectivity index is 1.51. The van der Waals surface area contributed by atoms with E-state index in [0.29, 0.717) is 41.1 Å². The van der Waals surface area contributed by atoms with Gasteiger partial charge in [-0.2, -0.15) is 4.98 Å². The number of carboxylic acid groups (broad SMARTS) is 1. The van der Waals surface area contributed by atoms with Gasteiger partial charge in [0.05, 0.1) is 6.54 Å². The van der Waals surface area contributed by atoms with E-state index in [1.165, 1.54) is 11.8 Å². The van der Waals surface area contributed by atoms with Gasteiger partial charge in [-0.3, -0.25) is 14.3 Å². The predicted molar refractivity (Wildman–Crippen MR) is 136 cm³/mol. The highest BCUT2D eigenvalue weighted by molar-refractivity contribution is 7.98. The number of rotatable bonds is 7. The molecule has 1 saturated heterocycles. The van der Waals surface area contributed by atoms with Gasteiger partial charge < -0.3 is 15.3 Å². The number of fused-ring (bicyclic) bond motifs is 1. The molecule has 0 aliphatic carbocycles. The molecule has 2 aromatic heterocycles. The number of thioether (sulfide) groups is 1. The number of benzene rings is 2. The Labute approximate surface area is 206 Å². The number of H-pyrrole nitrogens is 1. The molecule has 1 fully saturated rings. The van der Waals surface area contributed by atoms with Gasteiger partial charge in [-0.15, -0.1) is 0 Å². The van der Waals surface area contributed by atoms with Gasteiger partial charge in [-0.05, 0) is 24.0 Å². The molecular weight excluding hydrogens is 464 g/mol. The standard InChI is InChI=1S/C25H26N6O3S/c32-22-20-21(27-23(29-22)35-16-18-10-5-2-6-11-18)28-24(31(20)14-17-8-3-1-4-9-17)30-13-7-12-19(15-30)26-25(33)34/h1-6,8-11,19,26H,7,12-16H2,(H,33,34)(H,27,29,32). The van der Waals surface area contributed by atoms with E-state index in [1.807, 2.05) is 70.1 Å². The van der Waals surface area contributed by atoms with Gasteiger partial charge in [-0.1, -0.05) is 72.4 Å².